The number of pyridine rings is 1. The predicted octanol–water partition coefficient (Wildman–Crippen LogP) is 5.22. The number of benzene rings is 3. The van der Waals surface area contributed by atoms with Gasteiger partial charge in [0.2, 0.25) is 0 Å². The number of rotatable bonds is 2. The Bertz CT molecular complexity index is 1150. The normalized spacial score (nSPS) is 13.9. The molecule has 130 valence electrons. The number of hydrogen-bond donors (Lipinski definition) is 0. The third-order valence-corrected chi connectivity index (χ3v) is 9.28. The minimum absolute atomic E-state index is 1.07. The molecule has 0 saturated carbocycles. The molecule has 3 aromatic carbocycles. The molecule has 27 heavy (non-hydrogen) atoms. The highest BCUT2D eigenvalue weighted by molar-refractivity contribution is 7.03. The summed E-state index contributed by atoms with van der Waals surface area (Å²) in [5, 5.41) is 3.02. The van der Waals surface area contributed by atoms with Crippen molar-refractivity contribution in [2.75, 3.05) is 0 Å². The Balaban J connectivity index is 1.63. The molecule has 0 radical (unpaired) electrons. The van der Waals surface area contributed by atoms with E-state index in [0.717, 1.165) is 5.69 Å². The minimum Gasteiger partial charge on any atom is -0.256 e. The topological polar surface area (TPSA) is 12.9 Å². The van der Waals surface area contributed by atoms with E-state index in [0.29, 0.717) is 0 Å². The van der Waals surface area contributed by atoms with E-state index < -0.39 is 8.07 Å². The summed E-state index contributed by atoms with van der Waals surface area (Å²) in [6.45, 7) is 4.89. The summed E-state index contributed by atoms with van der Waals surface area (Å²) >= 11 is 0. The maximum Gasteiger partial charge on any atom is 0.114 e. The zero-order valence-electron chi connectivity index (χ0n) is 15.6. The fourth-order valence-corrected chi connectivity index (χ4v) is 7.31. The van der Waals surface area contributed by atoms with E-state index >= 15 is 0 Å². The van der Waals surface area contributed by atoms with E-state index in [9.17, 15) is 0 Å². The SMILES string of the molecule is C[Si]1(C)c2ccccc2-c2cnc(-c3cccc(-c4ccccc4)c3)cc21. The molecule has 1 aliphatic heterocycles. The first-order chi connectivity index (χ1) is 13.1. The Morgan fingerprint density at radius 2 is 1.30 bits per heavy atom. The summed E-state index contributed by atoms with van der Waals surface area (Å²) in [6.07, 6.45) is 2.08. The third-order valence-electron chi connectivity index (χ3n) is 5.73. The summed E-state index contributed by atoms with van der Waals surface area (Å²) in [5.74, 6) is 0. The molecule has 0 spiro atoms. The number of aromatic nitrogens is 1. The second-order valence-electron chi connectivity index (χ2n) is 7.73. The van der Waals surface area contributed by atoms with Crippen LogP contribution in [0.2, 0.25) is 13.1 Å². The first-order valence-corrected chi connectivity index (χ1v) is 12.4. The van der Waals surface area contributed by atoms with Gasteiger partial charge in [-0.25, -0.2) is 0 Å². The van der Waals surface area contributed by atoms with Crippen LogP contribution in [0.4, 0.5) is 0 Å². The first-order valence-electron chi connectivity index (χ1n) is 9.41. The second kappa shape index (κ2) is 6.03. The maximum absolute atomic E-state index is 4.84. The minimum atomic E-state index is -1.66. The molecule has 0 atom stereocenters. The van der Waals surface area contributed by atoms with Gasteiger partial charge in [0.25, 0.3) is 0 Å². The highest BCUT2D eigenvalue weighted by Gasteiger charge is 2.37. The van der Waals surface area contributed by atoms with Gasteiger partial charge in [-0.15, -0.1) is 0 Å². The van der Waals surface area contributed by atoms with Crippen LogP contribution in [0.1, 0.15) is 0 Å². The maximum atomic E-state index is 4.84. The standard InChI is InChI=1S/C25H21NSi/c1-27(2)24-14-7-6-13-21(24)22-17-26-23(16-25(22)27)20-12-8-11-19(15-20)18-9-4-3-5-10-18/h3-17H,1-2H3. The van der Waals surface area contributed by atoms with Gasteiger partial charge in [-0.1, -0.05) is 85.9 Å². The van der Waals surface area contributed by atoms with E-state index in [1.54, 1.807) is 0 Å². The Morgan fingerprint density at radius 1 is 0.593 bits per heavy atom. The van der Waals surface area contributed by atoms with Crippen LogP contribution in [-0.4, -0.2) is 13.1 Å². The number of hydrogen-bond acceptors (Lipinski definition) is 1. The van der Waals surface area contributed by atoms with Gasteiger partial charge >= 0.3 is 0 Å². The van der Waals surface area contributed by atoms with E-state index in [4.69, 9.17) is 4.98 Å². The molecule has 1 aromatic heterocycles. The lowest BCUT2D eigenvalue weighted by Gasteiger charge is -2.19. The second-order valence-corrected chi connectivity index (χ2v) is 12.1. The molecule has 1 nitrogen and oxygen atoms in total. The molecule has 0 aliphatic carbocycles. The molecular weight excluding hydrogens is 342 g/mol. The van der Waals surface area contributed by atoms with Gasteiger partial charge < -0.3 is 0 Å². The lowest BCUT2D eigenvalue weighted by atomic mass is 10.0. The van der Waals surface area contributed by atoms with Gasteiger partial charge in [0.05, 0.1) is 5.69 Å². The molecule has 0 unspecified atom stereocenters. The summed E-state index contributed by atoms with van der Waals surface area (Å²) in [7, 11) is -1.66. The van der Waals surface area contributed by atoms with Gasteiger partial charge in [0.1, 0.15) is 8.07 Å². The Labute approximate surface area is 161 Å². The van der Waals surface area contributed by atoms with Crippen molar-refractivity contribution < 1.29 is 0 Å². The average molecular weight is 364 g/mol. The zero-order valence-corrected chi connectivity index (χ0v) is 16.6. The third kappa shape index (κ3) is 2.56. The van der Waals surface area contributed by atoms with Crippen molar-refractivity contribution in [1.29, 1.82) is 0 Å². The summed E-state index contributed by atoms with van der Waals surface area (Å²) in [6, 6.07) is 30.4. The van der Waals surface area contributed by atoms with Crippen molar-refractivity contribution in [2.45, 2.75) is 13.1 Å². The Kier molecular flexibility index (Phi) is 3.63. The molecule has 0 saturated heterocycles. The van der Waals surface area contributed by atoms with Gasteiger partial charge in [0, 0.05) is 11.8 Å². The van der Waals surface area contributed by atoms with Crippen LogP contribution < -0.4 is 10.4 Å². The molecule has 5 rings (SSSR count). The predicted molar refractivity (Wildman–Crippen MR) is 117 cm³/mol. The quantitative estimate of drug-likeness (QED) is 0.445. The van der Waals surface area contributed by atoms with Crippen LogP contribution in [0.15, 0.2) is 91.1 Å². The molecule has 0 bridgehead atoms. The van der Waals surface area contributed by atoms with Crippen LogP contribution in [-0.2, 0) is 0 Å². The van der Waals surface area contributed by atoms with Crippen LogP contribution >= 0.6 is 0 Å². The Hall–Kier alpha value is -2.97. The van der Waals surface area contributed by atoms with Crippen molar-refractivity contribution in [1.82, 2.24) is 4.98 Å². The fraction of sp³-hybridized carbons (Fsp3) is 0.0800. The summed E-state index contributed by atoms with van der Waals surface area (Å²) in [5.41, 5.74) is 7.42. The first kappa shape index (κ1) is 16.2. The van der Waals surface area contributed by atoms with Crippen molar-refractivity contribution in [2.24, 2.45) is 0 Å². The van der Waals surface area contributed by atoms with Crippen molar-refractivity contribution in [3.05, 3.63) is 91.1 Å². The van der Waals surface area contributed by atoms with E-state index in [1.165, 1.54) is 38.2 Å². The van der Waals surface area contributed by atoms with Gasteiger partial charge in [-0.3, -0.25) is 4.98 Å². The van der Waals surface area contributed by atoms with Gasteiger partial charge in [-0.2, -0.15) is 0 Å². The lowest BCUT2D eigenvalue weighted by molar-refractivity contribution is 1.34. The number of nitrogens with zero attached hydrogens (tertiary/aromatic N) is 1. The van der Waals surface area contributed by atoms with Crippen molar-refractivity contribution in [3.63, 3.8) is 0 Å². The zero-order chi connectivity index (χ0) is 18.4. The molecule has 2 heterocycles. The van der Waals surface area contributed by atoms with E-state index in [-0.39, 0.29) is 0 Å². The van der Waals surface area contributed by atoms with Crippen LogP contribution in [0.5, 0.6) is 0 Å². The summed E-state index contributed by atoms with van der Waals surface area (Å²) < 4.78 is 0. The smallest absolute Gasteiger partial charge is 0.114 e. The lowest BCUT2D eigenvalue weighted by Crippen LogP contribution is -2.49. The molecule has 1 aliphatic rings. The molecular formula is C25H21NSi. The highest BCUT2D eigenvalue weighted by atomic mass is 28.3. The van der Waals surface area contributed by atoms with E-state index in [2.05, 4.69) is 104 Å². The van der Waals surface area contributed by atoms with Crippen LogP contribution in [0.3, 0.4) is 0 Å². The van der Waals surface area contributed by atoms with Crippen LogP contribution in [0, 0.1) is 0 Å². The highest BCUT2D eigenvalue weighted by Crippen LogP contribution is 2.30. The number of fused-ring (bicyclic) bond motifs is 3. The molecule has 0 fully saturated rings. The van der Waals surface area contributed by atoms with Crippen molar-refractivity contribution in [3.8, 4) is 33.5 Å². The van der Waals surface area contributed by atoms with Gasteiger partial charge in [-0.05, 0) is 44.8 Å². The Morgan fingerprint density at radius 3 is 2.15 bits per heavy atom. The molecule has 2 heteroatoms. The molecule has 4 aromatic rings. The van der Waals surface area contributed by atoms with Crippen molar-refractivity contribution >= 4 is 18.4 Å². The molecule has 0 amide bonds. The monoisotopic (exact) mass is 363 g/mol. The largest absolute Gasteiger partial charge is 0.256 e. The van der Waals surface area contributed by atoms with Crippen LogP contribution in [0.25, 0.3) is 33.5 Å². The fourth-order valence-electron chi connectivity index (χ4n) is 4.24. The van der Waals surface area contributed by atoms with E-state index in [1.807, 2.05) is 0 Å². The van der Waals surface area contributed by atoms with Gasteiger partial charge in [0.15, 0.2) is 0 Å². The average Bonchev–Trinajstić information content (AvgIpc) is 2.96. The molecule has 0 N–H and O–H groups in total. The summed E-state index contributed by atoms with van der Waals surface area (Å²) in [4.78, 5) is 4.84.